The van der Waals surface area contributed by atoms with Crippen LogP contribution in [0.3, 0.4) is 0 Å². The van der Waals surface area contributed by atoms with E-state index in [1.165, 1.54) is 37.3 Å². The number of rotatable bonds is 4. The highest BCUT2D eigenvalue weighted by atomic mass is 19.4. The van der Waals surface area contributed by atoms with Gasteiger partial charge in [0, 0.05) is 23.4 Å². The molecule has 4 N–H and O–H groups in total. The maximum Gasteiger partial charge on any atom is 0.416 e. The zero-order valence-corrected chi connectivity index (χ0v) is 15.7. The molecular weight excluding hydrogens is 402 g/mol. The molecule has 0 bridgehead atoms. The summed E-state index contributed by atoms with van der Waals surface area (Å²) in [4.78, 5) is 24.7. The number of nitrogen functional groups attached to an aromatic ring is 1. The summed E-state index contributed by atoms with van der Waals surface area (Å²) >= 11 is 0. The summed E-state index contributed by atoms with van der Waals surface area (Å²) in [6, 6.07) is 10.5. The van der Waals surface area contributed by atoms with Crippen molar-refractivity contribution in [1.82, 2.24) is 4.57 Å². The van der Waals surface area contributed by atoms with Gasteiger partial charge in [0.15, 0.2) is 0 Å². The first kappa shape index (κ1) is 21.1. The van der Waals surface area contributed by atoms with Gasteiger partial charge in [-0.05, 0) is 42.0 Å². The Kier molecular flexibility index (Phi) is 5.39. The Morgan fingerprint density at radius 2 is 1.73 bits per heavy atom. The van der Waals surface area contributed by atoms with Crippen molar-refractivity contribution < 1.29 is 22.4 Å². The summed E-state index contributed by atoms with van der Waals surface area (Å²) in [5, 5.41) is 0. The number of hydrogen-bond acceptors (Lipinski definition) is 3. The molecule has 0 aliphatic heterocycles. The fraction of sp³-hybridized carbons (Fsp3) is 0.143. The number of para-hydroxylation sites is 1. The van der Waals surface area contributed by atoms with E-state index in [4.69, 9.17) is 11.5 Å². The number of aromatic nitrogens is 1. The summed E-state index contributed by atoms with van der Waals surface area (Å²) in [6.45, 7) is 1.48. The molecule has 3 aromatic rings. The summed E-state index contributed by atoms with van der Waals surface area (Å²) in [7, 11) is 0. The second-order valence-electron chi connectivity index (χ2n) is 6.73. The molecule has 0 aliphatic carbocycles. The molecule has 1 atom stereocenters. The van der Waals surface area contributed by atoms with Crippen molar-refractivity contribution in [3.8, 4) is 5.69 Å². The zero-order valence-electron chi connectivity index (χ0n) is 15.7. The third-order valence-corrected chi connectivity index (χ3v) is 4.70. The Hall–Kier alpha value is -3.62. The van der Waals surface area contributed by atoms with Crippen molar-refractivity contribution in [3.05, 3.63) is 93.2 Å². The molecule has 156 valence electrons. The molecule has 1 amide bonds. The first-order valence-corrected chi connectivity index (χ1v) is 8.79. The molecule has 0 fully saturated rings. The van der Waals surface area contributed by atoms with E-state index in [0.29, 0.717) is 0 Å². The van der Waals surface area contributed by atoms with E-state index in [1.54, 1.807) is 0 Å². The van der Waals surface area contributed by atoms with E-state index < -0.39 is 34.9 Å². The van der Waals surface area contributed by atoms with Crippen LogP contribution in [-0.4, -0.2) is 10.5 Å². The number of amides is 1. The summed E-state index contributed by atoms with van der Waals surface area (Å²) in [5.74, 6) is -2.62. The number of halogens is 4. The number of hydrogen-bond donors (Lipinski definition) is 2. The lowest BCUT2D eigenvalue weighted by molar-refractivity contribution is -0.137. The highest BCUT2D eigenvalue weighted by Crippen LogP contribution is 2.35. The van der Waals surface area contributed by atoms with Crippen molar-refractivity contribution in [1.29, 1.82) is 0 Å². The lowest BCUT2D eigenvalue weighted by Gasteiger charge is -2.23. The molecule has 0 aliphatic rings. The molecular formula is C21H17F4N3O2. The Balaban J connectivity index is 2.34. The second kappa shape index (κ2) is 7.66. The molecule has 1 heterocycles. The van der Waals surface area contributed by atoms with Gasteiger partial charge < -0.3 is 11.5 Å². The fourth-order valence-electron chi connectivity index (χ4n) is 3.32. The average Bonchev–Trinajstić information content (AvgIpc) is 2.66. The standard InChI is InChI=1S/C21H17F4N3O2/c1-11(12-8-13(21(23,24)25)10-14(26)9-12)19-15(20(27)30)6-7-18(29)28(19)17-5-3-2-4-16(17)22/h2-11H,26H2,1H3,(H2,27,30)/t11-/m1/s1. The second-order valence-corrected chi connectivity index (χ2v) is 6.73. The van der Waals surface area contributed by atoms with E-state index in [9.17, 15) is 27.2 Å². The SMILES string of the molecule is C[C@H](c1cc(N)cc(C(F)(F)F)c1)c1c(C(N)=O)ccc(=O)n1-c1ccccc1F. The minimum atomic E-state index is -4.65. The molecule has 0 spiro atoms. The van der Waals surface area contributed by atoms with Gasteiger partial charge in [0.05, 0.1) is 16.8 Å². The number of carbonyl (C=O) groups is 1. The van der Waals surface area contributed by atoms with Gasteiger partial charge in [-0.25, -0.2) is 4.39 Å². The quantitative estimate of drug-likeness (QED) is 0.497. The monoisotopic (exact) mass is 419 g/mol. The number of carbonyl (C=O) groups excluding carboxylic acids is 1. The average molecular weight is 419 g/mol. The smallest absolute Gasteiger partial charge is 0.399 e. The van der Waals surface area contributed by atoms with Crippen LogP contribution < -0.4 is 17.0 Å². The van der Waals surface area contributed by atoms with E-state index in [1.807, 2.05) is 0 Å². The van der Waals surface area contributed by atoms with Gasteiger partial charge in [-0.2, -0.15) is 13.2 Å². The van der Waals surface area contributed by atoms with Gasteiger partial charge >= 0.3 is 6.18 Å². The Morgan fingerprint density at radius 1 is 1.07 bits per heavy atom. The Bertz CT molecular complexity index is 1190. The first-order valence-electron chi connectivity index (χ1n) is 8.79. The van der Waals surface area contributed by atoms with Gasteiger partial charge in [-0.15, -0.1) is 0 Å². The van der Waals surface area contributed by atoms with Crippen LogP contribution in [0.15, 0.2) is 59.4 Å². The third kappa shape index (κ3) is 3.91. The van der Waals surface area contributed by atoms with E-state index in [2.05, 4.69) is 0 Å². The zero-order chi connectivity index (χ0) is 22.2. The summed E-state index contributed by atoms with van der Waals surface area (Å²) in [6.07, 6.45) is -4.65. The lowest BCUT2D eigenvalue weighted by Crippen LogP contribution is -2.28. The normalized spacial score (nSPS) is 12.6. The van der Waals surface area contributed by atoms with Gasteiger partial charge in [0.2, 0.25) is 0 Å². The largest absolute Gasteiger partial charge is 0.416 e. The number of nitrogens with two attached hydrogens (primary N) is 2. The van der Waals surface area contributed by atoms with Crippen LogP contribution in [0.1, 0.15) is 40.0 Å². The number of alkyl halides is 3. The van der Waals surface area contributed by atoms with Gasteiger partial charge in [0.1, 0.15) is 5.82 Å². The van der Waals surface area contributed by atoms with Crippen LogP contribution in [-0.2, 0) is 6.18 Å². The molecule has 2 aromatic carbocycles. The maximum absolute atomic E-state index is 14.5. The van der Waals surface area contributed by atoms with Crippen LogP contribution in [0.5, 0.6) is 0 Å². The van der Waals surface area contributed by atoms with Crippen molar-refractivity contribution in [2.45, 2.75) is 19.0 Å². The van der Waals surface area contributed by atoms with Crippen LogP contribution in [0.2, 0.25) is 0 Å². The highest BCUT2D eigenvalue weighted by molar-refractivity contribution is 5.94. The van der Waals surface area contributed by atoms with Crippen LogP contribution in [0.4, 0.5) is 23.2 Å². The van der Waals surface area contributed by atoms with Crippen molar-refractivity contribution in [2.75, 3.05) is 5.73 Å². The molecule has 3 rings (SSSR count). The predicted octanol–water partition coefficient (Wildman–Crippen LogP) is 3.83. The number of nitrogens with zero attached hydrogens (tertiary/aromatic N) is 1. The van der Waals surface area contributed by atoms with Gasteiger partial charge in [-0.1, -0.05) is 19.1 Å². The van der Waals surface area contributed by atoms with E-state index >= 15 is 0 Å². The molecule has 0 radical (unpaired) electrons. The van der Waals surface area contributed by atoms with Crippen LogP contribution in [0.25, 0.3) is 5.69 Å². The van der Waals surface area contributed by atoms with Crippen LogP contribution in [0, 0.1) is 5.82 Å². The molecule has 0 saturated heterocycles. The minimum Gasteiger partial charge on any atom is -0.399 e. The highest BCUT2D eigenvalue weighted by Gasteiger charge is 2.32. The molecule has 1 aromatic heterocycles. The number of benzene rings is 2. The topological polar surface area (TPSA) is 91.1 Å². The Labute approximate surface area is 168 Å². The van der Waals surface area contributed by atoms with Crippen LogP contribution >= 0.6 is 0 Å². The summed E-state index contributed by atoms with van der Waals surface area (Å²) < 4.78 is 55.2. The van der Waals surface area contributed by atoms with Crippen molar-refractivity contribution in [2.24, 2.45) is 5.73 Å². The van der Waals surface area contributed by atoms with Gasteiger partial charge in [0.25, 0.3) is 11.5 Å². The van der Waals surface area contributed by atoms with Crippen molar-refractivity contribution in [3.63, 3.8) is 0 Å². The molecule has 30 heavy (non-hydrogen) atoms. The molecule has 0 saturated carbocycles. The first-order chi connectivity index (χ1) is 14.0. The molecule has 5 nitrogen and oxygen atoms in total. The number of pyridine rings is 1. The minimum absolute atomic E-state index is 0.0428. The number of anilines is 1. The van der Waals surface area contributed by atoms with E-state index in [-0.39, 0.29) is 28.2 Å². The van der Waals surface area contributed by atoms with Crippen molar-refractivity contribution >= 4 is 11.6 Å². The lowest BCUT2D eigenvalue weighted by atomic mass is 9.91. The molecule has 9 heteroatoms. The predicted molar refractivity (Wildman–Crippen MR) is 104 cm³/mol. The third-order valence-electron chi connectivity index (χ3n) is 4.70. The molecule has 0 unspecified atom stereocenters. The maximum atomic E-state index is 14.5. The Morgan fingerprint density at radius 3 is 2.33 bits per heavy atom. The van der Waals surface area contributed by atoms with Gasteiger partial charge in [-0.3, -0.25) is 14.2 Å². The fourth-order valence-corrected chi connectivity index (χ4v) is 3.32. The summed E-state index contributed by atoms with van der Waals surface area (Å²) in [5.41, 5.74) is 9.04. The van der Waals surface area contributed by atoms with E-state index in [0.717, 1.165) is 28.8 Å². The number of primary amides is 1.